The monoisotopic (exact) mass is 603 g/mol. The second-order valence-corrected chi connectivity index (χ2v) is 9.73. The van der Waals surface area contributed by atoms with Gasteiger partial charge in [0, 0.05) is 53.7 Å². The van der Waals surface area contributed by atoms with Gasteiger partial charge in [0.2, 0.25) is 11.8 Å². The van der Waals surface area contributed by atoms with E-state index in [-0.39, 0.29) is 45.3 Å². The van der Waals surface area contributed by atoms with Crippen LogP contribution in [-0.4, -0.2) is 50.6 Å². The minimum Gasteiger partial charge on any atom is -0.477 e. The van der Waals surface area contributed by atoms with Gasteiger partial charge in [-0.1, -0.05) is 17.7 Å². The molecule has 0 spiro atoms. The first-order valence-corrected chi connectivity index (χ1v) is 12.9. The number of benzene rings is 1. The first-order chi connectivity index (χ1) is 20.0. The number of pyridine rings is 1. The van der Waals surface area contributed by atoms with Crippen LogP contribution >= 0.6 is 11.6 Å². The van der Waals surface area contributed by atoms with Crippen molar-refractivity contribution >= 4 is 41.2 Å². The number of nitrogens with one attached hydrogen (secondary N) is 2. The molecule has 2 aromatic heterocycles. The summed E-state index contributed by atoms with van der Waals surface area (Å²) >= 11 is 5.84. The topological polar surface area (TPSA) is 125 Å². The average molecular weight is 604 g/mol. The van der Waals surface area contributed by atoms with Crippen LogP contribution in [0.5, 0.6) is 5.88 Å². The highest BCUT2D eigenvalue weighted by atomic mass is 35.5. The molecule has 0 bridgehead atoms. The maximum atomic E-state index is 13.6. The van der Waals surface area contributed by atoms with Crippen molar-refractivity contribution in [3.05, 3.63) is 77.6 Å². The number of aliphatic imine (C=N–C) groups is 1. The molecule has 1 aromatic carbocycles. The molecule has 3 atom stereocenters. The van der Waals surface area contributed by atoms with Gasteiger partial charge in [-0.3, -0.25) is 10.0 Å². The Hall–Kier alpha value is -4.56. The Morgan fingerprint density at radius 3 is 2.71 bits per heavy atom. The minimum absolute atomic E-state index is 0.0451. The SMILES string of the molecule is CC(Oc1ncc(-c2cnc(Nc3ccc(F)c(Cl)c3)nc2N2C=CC(C(F)(F)F)N2)cc1C(=O)O)C1C=CN=CC1. The normalized spacial score (nSPS) is 18.8. The van der Waals surface area contributed by atoms with Gasteiger partial charge in [-0.25, -0.2) is 24.6 Å². The highest BCUT2D eigenvalue weighted by molar-refractivity contribution is 6.31. The molecule has 0 fully saturated rings. The van der Waals surface area contributed by atoms with Gasteiger partial charge in [-0.15, -0.1) is 0 Å². The molecule has 2 aliphatic heterocycles. The summed E-state index contributed by atoms with van der Waals surface area (Å²) in [6.45, 7) is 1.78. The highest BCUT2D eigenvalue weighted by Gasteiger charge is 2.41. The molecule has 3 aromatic rings. The number of aromatic carboxylic acids is 1. The van der Waals surface area contributed by atoms with E-state index in [0.29, 0.717) is 12.1 Å². The molecular formula is C27H22ClF4N7O3. The van der Waals surface area contributed by atoms with Crippen LogP contribution in [0.1, 0.15) is 23.7 Å². The standard InChI is InChI=1S/C27H22ClF4N7O3/c1-14(15-4-7-33-8-5-15)42-24-18(25(40)41)10-16(12-34-24)19-13-35-26(36-17-2-3-21(29)20(28)11-17)37-23(19)39-9-6-22(38-39)27(30,31)32/h2-4,6-15,22,38H,5H2,1H3,(H,40,41)(H,35,36,37). The van der Waals surface area contributed by atoms with Crippen molar-refractivity contribution in [1.29, 1.82) is 0 Å². The largest absolute Gasteiger partial charge is 0.477 e. The summed E-state index contributed by atoms with van der Waals surface area (Å²) in [7, 11) is 0. The van der Waals surface area contributed by atoms with Gasteiger partial charge in [0.1, 0.15) is 23.5 Å². The molecule has 5 rings (SSSR count). The van der Waals surface area contributed by atoms with Crippen molar-refractivity contribution in [2.45, 2.75) is 31.7 Å². The van der Waals surface area contributed by atoms with E-state index < -0.39 is 30.1 Å². The van der Waals surface area contributed by atoms with Crippen LogP contribution in [0.25, 0.3) is 11.1 Å². The number of nitrogens with zero attached hydrogens (tertiary/aromatic N) is 5. The zero-order valence-corrected chi connectivity index (χ0v) is 22.4. The number of carbonyl (C=O) groups is 1. The Morgan fingerprint density at radius 1 is 1.24 bits per heavy atom. The lowest BCUT2D eigenvalue weighted by atomic mass is 9.99. The van der Waals surface area contributed by atoms with Crippen LogP contribution in [0, 0.1) is 11.7 Å². The van der Waals surface area contributed by atoms with Crippen molar-refractivity contribution in [3.8, 4) is 17.0 Å². The van der Waals surface area contributed by atoms with E-state index in [4.69, 9.17) is 16.3 Å². The van der Waals surface area contributed by atoms with E-state index in [1.807, 2.05) is 6.08 Å². The summed E-state index contributed by atoms with van der Waals surface area (Å²) in [5.41, 5.74) is 2.73. The number of alkyl halides is 3. The molecule has 15 heteroatoms. The number of rotatable bonds is 8. The fourth-order valence-electron chi connectivity index (χ4n) is 4.19. The summed E-state index contributed by atoms with van der Waals surface area (Å²) in [6.07, 6.45) is 5.49. The zero-order valence-electron chi connectivity index (χ0n) is 21.7. The molecule has 218 valence electrons. The number of aromatic nitrogens is 3. The van der Waals surface area contributed by atoms with Crippen molar-refractivity contribution in [2.75, 3.05) is 10.3 Å². The van der Waals surface area contributed by atoms with E-state index in [1.165, 1.54) is 30.6 Å². The van der Waals surface area contributed by atoms with Crippen LogP contribution < -0.4 is 20.5 Å². The third-order valence-corrected chi connectivity index (χ3v) is 6.72. The number of halogens is 5. The van der Waals surface area contributed by atoms with Gasteiger partial charge < -0.3 is 15.2 Å². The maximum absolute atomic E-state index is 13.6. The lowest BCUT2D eigenvalue weighted by Crippen LogP contribution is -2.44. The van der Waals surface area contributed by atoms with Gasteiger partial charge in [0.15, 0.2) is 5.82 Å². The van der Waals surface area contributed by atoms with Crippen LogP contribution in [-0.2, 0) is 0 Å². The first kappa shape index (κ1) is 29.0. The van der Waals surface area contributed by atoms with Crippen LogP contribution in [0.4, 0.5) is 35.0 Å². The van der Waals surface area contributed by atoms with Crippen LogP contribution in [0.3, 0.4) is 0 Å². The van der Waals surface area contributed by atoms with Crippen molar-refractivity contribution in [2.24, 2.45) is 10.9 Å². The van der Waals surface area contributed by atoms with Gasteiger partial charge in [0.25, 0.3) is 0 Å². The Morgan fingerprint density at radius 2 is 2.05 bits per heavy atom. The molecule has 0 amide bonds. The minimum atomic E-state index is -4.59. The number of carboxylic acid groups (broad SMARTS) is 1. The predicted octanol–water partition coefficient (Wildman–Crippen LogP) is 5.91. The zero-order chi connectivity index (χ0) is 30.0. The Balaban J connectivity index is 1.50. The maximum Gasteiger partial charge on any atom is 0.409 e. The highest BCUT2D eigenvalue weighted by Crippen LogP contribution is 2.35. The quantitative estimate of drug-likeness (QED) is 0.269. The van der Waals surface area contributed by atoms with Gasteiger partial charge in [-0.2, -0.15) is 18.2 Å². The number of hydrazine groups is 1. The molecule has 4 heterocycles. The number of carboxylic acids is 1. The fourth-order valence-corrected chi connectivity index (χ4v) is 4.37. The fraction of sp³-hybridized carbons (Fsp3) is 0.222. The van der Waals surface area contributed by atoms with Gasteiger partial charge >= 0.3 is 12.1 Å². The third-order valence-electron chi connectivity index (χ3n) is 6.43. The van der Waals surface area contributed by atoms with Gasteiger partial charge in [-0.05, 0) is 43.7 Å². The second kappa shape index (κ2) is 11.7. The smallest absolute Gasteiger partial charge is 0.409 e. The summed E-state index contributed by atoms with van der Waals surface area (Å²) in [4.78, 5) is 29.0. The lowest BCUT2D eigenvalue weighted by Gasteiger charge is -2.24. The number of anilines is 3. The van der Waals surface area contributed by atoms with Crippen molar-refractivity contribution < 1.29 is 32.2 Å². The lowest BCUT2D eigenvalue weighted by molar-refractivity contribution is -0.142. The summed E-state index contributed by atoms with van der Waals surface area (Å²) < 4.78 is 59.7. The molecule has 3 N–H and O–H groups in total. The number of hydrogen-bond donors (Lipinski definition) is 3. The molecular weight excluding hydrogens is 582 g/mol. The molecule has 0 radical (unpaired) electrons. The molecule has 0 aliphatic carbocycles. The van der Waals surface area contributed by atoms with E-state index in [2.05, 4.69) is 30.7 Å². The predicted molar refractivity (Wildman–Crippen MR) is 147 cm³/mol. The summed E-state index contributed by atoms with van der Waals surface area (Å²) in [5.74, 6) is -2.23. The molecule has 10 nitrogen and oxygen atoms in total. The Labute approximate surface area is 241 Å². The van der Waals surface area contributed by atoms with Crippen LogP contribution in [0.2, 0.25) is 5.02 Å². The summed E-state index contributed by atoms with van der Waals surface area (Å²) in [6, 6.07) is 3.09. The Bertz CT molecular complexity index is 1600. The Kier molecular flexibility index (Phi) is 8.09. The van der Waals surface area contributed by atoms with Gasteiger partial charge in [0.05, 0.1) is 5.02 Å². The van der Waals surface area contributed by atoms with E-state index in [0.717, 1.165) is 23.4 Å². The number of ether oxygens (including phenoxy) is 1. The molecule has 3 unspecified atom stereocenters. The molecule has 2 aliphatic rings. The molecule has 42 heavy (non-hydrogen) atoms. The summed E-state index contributed by atoms with van der Waals surface area (Å²) in [5, 5.41) is 13.6. The first-order valence-electron chi connectivity index (χ1n) is 12.5. The number of hydrogen-bond acceptors (Lipinski definition) is 9. The van der Waals surface area contributed by atoms with Crippen LogP contribution in [0.15, 0.2) is 66.2 Å². The van der Waals surface area contributed by atoms with Crippen molar-refractivity contribution in [1.82, 2.24) is 20.4 Å². The van der Waals surface area contributed by atoms with E-state index in [9.17, 15) is 27.5 Å². The third kappa shape index (κ3) is 6.34. The average Bonchev–Trinajstić information content (AvgIpc) is 3.47. The molecule has 0 saturated heterocycles. The second-order valence-electron chi connectivity index (χ2n) is 9.32. The molecule has 0 saturated carbocycles. The van der Waals surface area contributed by atoms with E-state index >= 15 is 0 Å². The van der Waals surface area contributed by atoms with Crippen molar-refractivity contribution in [3.63, 3.8) is 0 Å². The van der Waals surface area contributed by atoms with E-state index in [1.54, 1.807) is 19.3 Å².